The number of fused-ring (bicyclic) bond motifs is 1. The third-order valence-corrected chi connectivity index (χ3v) is 4.36. The Morgan fingerprint density at radius 1 is 1.43 bits per heavy atom. The Hall–Kier alpha value is -2.01. The Morgan fingerprint density at radius 3 is 3.13 bits per heavy atom. The molecule has 0 saturated carbocycles. The molecule has 3 rings (SSSR count). The van der Waals surface area contributed by atoms with Crippen LogP contribution >= 0.6 is 11.6 Å². The molecule has 1 aromatic heterocycles. The minimum Gasteiger partial charge on any atom is -0.383 e. The second-order valence-corrected chi connectivity index (χ2v) is 6.27. The van der Waals surface area contributed by atoms with Crippen molar-refractivity contribution in [2.24, 2.45) is 5.92 Å². The summed E-state index contributed by atoms with van der Waals surface area (Å²) in [6, 6.07) is 5.52. The van der Waals surface area contributed by atoms with Gasteiger partial charge in [-0.3, -0.25) is 4.79 Å². The van der Waals surface area contributed by atoms with Crippen LogP contribution in [-0.4, -0.2) is 22.0 Å². The average Bonchev–Trinajstić information content (AvgIpc) is 3.01. The summed E-state index contributed by atoms with van der Waals surface area (Å²) >= 11 is 6.08. The number of anilines is 2. The molecular weight excluding hydrogens is 312 g/mol. The number of hydrogen-bond donors (Lipinski definition) is 2. The lowest BCUT2D eigenvalue weighted by atomic mass is 9.96. The van der Waals surface area contributed by atoms with Crippen molar-refractivity contribution in [3.8, 4) is 0 Å². The van der Waals surface area contributed by atoms with E-state index in [1.807, 2.05) is 18.3 Å². The summed E-state index contributed by atoms with van der Waals surface area (Å²) in [5, 5.41) is 6.96. The largest absolute Gasteiger partial charge is 0.383 e. The van der Waals surface area contributed by atoms with E-state index in [1.165, 1.54) is 0 Å². The molecule has 122 valence electrons. The van der Waals surface area contributed by atoms with Gasteiger partial charge < -0.3 is 15.2 Å². The van der Waals surface area contributed by atoms with Crippen molar-refractivity contribution in [2.75, 3.05) is 17.2 Å². The highest BCUT2D eigenvalue weighted by molar-refractivity contribution is 6.31. The number of nitrogens with zero attached hydrogens (tertiary/aromatic N) is 2. The lowest BCUT2D eigenvalue weighted by Gasteiger charge is -2.23. The number of hydrogen-bond acceptors (Lipinski definition) is 3. The lowest BCUT2D eigenvalue weighted by molar-refractivity contribution is -0.120. The average molecular weight is 333 g/mol. The topological polar surface area (TPSA) is 58.9 Å². The van der Waals surface area contributed by atoms with Gasteiger partial charge in [-0.2, -0.15) is 0 Å². The van der Waals surface area contributed by atoms with Gasteiger partial charge in [0.15, 0.2) is 0 Å². The normalized spacial score (nSPS) is 16.7. The molecule has 5 nitrogen and oxygen atoms in total. The van der Waals surface area contributed by atoms with Gasteiger partial charge in [-0.1, -0.05) is 18.5 Å². The predicted molar refractivity (Wildman–Crippen MR) is 92.9 cm³/mol. The second-order valence-electron chi connectivity index (χ2n) is 5.83. The van der Waals surface area contributed by atoms with E-state index < -0.39 is 0 Å². The van der Waals surface area contributed by atoms with Crippen LogP contribution in [0.5, 0.6) is 0 Å². The van der Waals surface area contributed by atoms with Gasteiger partial charge in [-0.05, 0) is 31.0 Å². The first kappa shape index (κ1) is 15.9. The molecule has 1 aliphatic heterocycles. The van der Waals surface area contributed by atoms with Crippen LogP contribution in [-0.2, 0) is 17.8 Å². The van der Waals surface area contributed by atoms with E-state index in [2.05, 4.69) is 27.1 Å². The molecule has 0 unspecified atom stereocenters. The molecule has 2 N–H and O–H groups in total. The van der Waals surface area contributed by atoms with Crippen LogP contribution in [0.2, 0.25) is 5.02 Å². The molecule has 0 spiro atoms. The Balaban J connectivity index is 1.71. The zero-order valence-electron chi connectivity index (χ0n) is 13.2. The van der Waals surface area contributed by atoms with Crippen LogP contribution in [0.4, 0.5) is 11.4 Å². The summed E-state index contributed by atoms with van der Waals surface area (Å²) in [4.78, 5) is 16.9. The molecule has 1 amide bonds. The molecule has 1 aliphatic rings. The summed E-state index contributed by atoms with van der Waals surface area (Å²) in [7, 11) is 0. The number of aryl methyl sites for hydroxylation is 1. The van der Waals surface area contributed by atoms with Gasteiger partial charge in [0.05, 0.1) is 11.4 Å². The van der Waals surface area contributed by atoms with Gasteiger partial charge >= 0.3 is 0 Å². The van der Waals surface area contributed by atoms with E-state index in [4.69, 9.17) is 11.6 Å². The van der Waals surface area contributed by atoms with Crippen LogP contribution in [0.15, 0.2) is 30.6 Å². The van der Waals surface area contributed by atoms with Gasteiger partial charge in [-0.25, -0.2) is 4.98 Å². The van der Waals surface area contributed by atoms with Crippen molar-refractivity contribution in [3.05, 3.63) is 41.4 Å². The van der Waals surface area contributed by atoms with Crippen molar-refractivity contribution < 1.29 is 4.79 Å². The SMILES string of the molecule is CCCNc1ccc(Cl)cc1NC(=O)[C@H]1CCn2ccnc2C1. The summed E-state index contributed by atoms with van der Waals surface area (Å²) in [6.45, 7) is 3.79. The Labute approximate surface area is 141 Å². The van der Waals surface area contributed by atoms with E-state index in [9.17, 15) is 4.79 Å². The van der Waals surface area contributed by atoms with Crippen LogP contribution in [0.1, 0.15) is 25.6 Å². The van der Waals surface area contributed by atoms with Crippen molar-refractivity contribution in [1.82, 2.24) is 9.55 Å². The number of carbonyl (C=O) groups excluding carboxylic acids is 1. The van der Waals surface area contributed by atoms with Crippen LogP contribution in [0, 0.1) is 5.92 Å². The first-order valence-electron chi connectivity index (χ1n) is 8.01. The number of halogens is 1. The minimum atomic E-state index is -0.0529. The van der Waals surface area contributed by atoms with Gasteiger partial charge in [0, 0.05) is 42.8 Å². The summed E-state index contributed by atoms with van der Waals surface area (Å²) in [6.07, 6.45) is 6.28. The highest BCUT2D eigenvalue weighted by Gasteiger charge is 2.25. The van der Waals surface area contributed by atoms with E-state index >= 15 is 0 Å². The van der Waals surface area contributed by atoms with Crippen LogP contribution in [0.25, 0.3) is 0 Å². The molecule has 2 aromatic rings. The standard InChI is InChI=1S/C17H21ClN4O/c1-2-6-19-14-4-3-13(18)11-15(14)21-17(23)12-5-8-22-9-7-20-16(22)10-12/h3-4,7,9,11-12,19H,2,5-6,8,10H2,1H3,(H,21,23)/t12-/m0/s1. The molecule has 0 aliphatic carbocycles. The molecule has 1 atom stereocenters. The maximum absolute atomic E-state index is 12.6. The Kier molecular flexibility index (Phi) is 4.86. The predicted octanol–water partition coefficient (Wildman–Crippen LogP) is 3.56. The number of imidazole rings is 1. The fourth-order valence-corrected chi connectivity index (χ4v) is 3.02. The Bertz CT molecular complexity index is 698. The first-order chi connectivity index (χ1) is 11.2. The second kappa shape index (κ2) is 7.04. The van der Waals surface area contributed by atoms with Gasteiger partial charge in [-0.15, -0.1) is 0 Å². The molecular formula is C17H21ClN4O. The maximum atomic E-state index is 12.6. The molecule has 2 heterocycles. The highest BCUT2D eigenvalue weighted by Crippen LogP contribution is 2.28. The van der Waals surface area contributed by atoms with E-state index in [1.54, 1.807) is 12.3 Å². The molecule has 23 heavy (non-hydrogen) atoms. The molecule has 1 aromatic carbocycles. The van der Waals surface area contributed by atoms with Gasteiger partial charge in [0.2, 0.25) is 5.91 Å². The molecule has 0 fully saturated rings. The summed E-state index contributed by atoms with van der Waals surface area (Å²) < 4.78 is 2.11. The van der Waals surface area contributed by atoms with Gasteiger partial charge in [0.1, 0.15) is 5.82 Å². The van der Waals surface area contributed by atoms with Gasteiger partial charge in [0.25, 0.3) is 0 Å². The van der Waals surface area contributed by atoms with Crippen LogP contribution < -0.4 is 10.6 Å². The minimum absolute atomic E-state index is 0.0288. The van der Waals surface area contributed by atoms with Crippen molar-refractivity contribution >= 4 is 28.9 Å². The number of carbonyl (C=O) groups is 1. The lowest BCUT2D eigenvalue weighted by Crippen LogP contribution is -2.30. The third-order valence-electron chi connectivity index (χ3n) is 4.12. The highest BCUT2D eigenvalue weighted by atomic mass is 35.5. The zero-order valence-corrected chi connectivity index (χ0v) is 13.9. The van der Waals surface area contributed by atoms with E-state index in [0.29, 0.717) is 11.4 Å². The Morgan fingerprint density at radius 2 is 2.30 bits per heavy atom. The molecule has 0 bridgehead atoms. The van der Waals surface area contributed by atoms with Crippen molar-refractivity contribution in [3.63, 3.8) is 0 Å². The molecule has 6 heteroatoms. The molecule has 0 radical (unpaired) electrons. The number of aromatic nitrogens is 2. The number of nitrogens with one attached hydrogen (secondary N) is 2. The third kappa shape index (κ3) is 3.67. The van der Waals surface area contributed by atoms with E-state index in [-0.39, 0.29) is 11.8 Å². The summed E-state index contributed by atoms with van der Waals surface area (Å²) in [5.74, 6) is 0.954. The fourth-order valence-electron chi connectivity index (χ4n) is 2.84. The zero-order chi connectivity index (χ0) is 16.2. The number of amides is 1. The smallest absolute Gasteiger partial charge is 0.228 e. The maximum Gasteiger partial charge on any atom is 0.228 e. The molecule has 0 saturated heterocycles. The van der Waals surface area contributed by atoms with Crippen molar-refractivity contribution in [2.45, 2.75) is 32.7 Å². The number of benzene rings is 1. The van der Waals surface area contributed by atoms with Crippen molar-refractivity contribution in [1.29, 1.82) is 0 Å². The number of rotatable bonds is 5. The summed E-state index contributed by atoms with van der Waals surface area (Å²) in [5.41, 5.74) is 1.65. The fraction of sp³-hybridized carbons (Fsp3) is 0.412. The van der Waals surface area contributed by atoms with Crippen LogP contribution in [0.3, 0.4) is 0 Å². The first-order valence-corrected chi connectivity index (χ1v) is 8.39. The monoisotopic (exact) mass is 332 g/mol. The van der Waals surface area contributed by atoms with E-state index in [0.717, 1.165) is 43.1 Å². The quantitative estimate of drug-likeness (QED) is 0.880.